The van der Waals surface area contributed by atoms with Crippen molar-refractivity contribution in [1.29, 1.82) is 5.26 Å². The highest BCUT2D eigenvalue weighted by molar-refractivity contribution is 5.48. The summed E-state index contributed by atoms with van der Waals surface area (Å²) in [5.74, 6) is 0. The van der Waals surface area contributed by atoms with Gasteiger partial charge in [-0.3, -0.25) is 0 Å². The van der Waals surface area contributed by atoms with Crippen LogP contribution in [0.25, 0.3) is 0 Å². The molecule has 3 nitrogen and oxygen atoms in total. The Labute approximate surface area is 103 Å². The third kappa shape index (κ3) is 3.21. The van der Waals surface area contributed by atoms with Gasteiger partial charge in [0.25, 0.3) is 0 Å². The summed E-state index contributed by atoms with van der Waals surface area (Å²) in [6.07, 6.45) is 3.81. The fourth-order valence-electron chi connectivity index (χ4n) is 2.27. The van der Waals surface area contributed by atoms with E-state index in [1.54, 1.807) is 0 Å². The number of anilines is 1. The van der Waals surface area contributed by atoms with Crippen molar-refractivity contribution in [2.45, 2.75) is 25.3 Å². The molecule has 0 spiro atoms. The van der Waals surface area contributed by atoms with Crippen LogP contribution >= 0.6 is 0 Å². The molecule has 0 saturated carbocycles. The Hall–Kier alpha value is -1.53. The van der Waals surface area contributed by atoms with Gasteiger partial charge >= 0.3 is 0 Å². The molecule has 1 aliphatic heterocycles. The van der Waals surface area contributed by atoms with Crippen molar-refractivity contribution < 1.29 is 0 Å². The smallest absolute Gasteiger partial charge is 0.0991 e. The highest BCUT2D eigenvalue weighted by atomic mass is 15.1. The predicted molar refractivity (Wildman–Crippen MR) is 70.1 cm³/mol. The minimum absolute atomic E-state index is 0.691. The van der Waals surface area contributed by atoms with Gasteiger partial charge in [0.2, 0.25) is 0 Å². The summed E-state index contributed by atoms with van der Waals surface area (Å²) < 4.78 is 0. The van der Waals surface area contributed by atoms with Gasteiger partial charge in [-0.2, -0.15) is 5.26 Å². The van der Waals surface area contributed by atoms with Gasteiger partial charge in [0.1, 0.15) is 0 Å². The molecule has 0 bridgehead atoms. The van der Waals surface area contributed by atoms with Crippen molar-refractivity contribution >= 4 is 5.69 Å². The van der Waals surface area contributed by atoms with E-state index in [2.05, 4.69) is 23.3 Å². The SMILES string of the molecule is CN(CCC1CCCN1)c1ccc(C#N)cc1. The second kappa shape index (κ2) is 5.70. The van der Waals surface area contributed by atoms with Crippen LogP contribution in [-0.2, 0) is 0 Å². The first-order valence-electron chi connectivity index (χ1n) is 6.24. The molecule has 90 valence electrons. The highest BCUT2D eigenvalue weighted by Crippen LogP contribution is 2.15. The quantitative estimate of drug-likeness (QED) is 0.859. The van der Waals surface area contributed by atoms with Crippen LogP contribution in [0.5, 0.6) is 0 Å². The van der Waals surface area contributed by atoms with Crippen LogP contribution < -0.4 is 10.2 Å². The maximum absolute atomic E-state index is 8.74. The standard InChI is InChI=1S/C14H19N3/c1-17(10-8-13-3-2-9-16-13)14-6-4-12(11-15)5-7-14/h4-7,13,16H,2-3,8-10H2,1H3. The third-order valence-corrected chi connectivity index (χ3v) is 3.41. The van der Waals surface area contributed by atoms with Gasteiger partial charge in [0, 0.05) is 25.3 Å². The van der Waals surface area contributed by atoms with Crippen molar-refractivity contribution in [3.05, 3.63) is 29.8 Å². The maximum Gasteiger partial charge on any atom is 0.0991 e. The predicted octanol–water partition coefficient (Wildman–Crippen LogP) is 2.14. The largest absolute Gasteiger partial charge is 0.375 e. The zero-order valence-corrected chi connectivity index (χ0v) is 10.3. The second-order valence-corrected chi connectivity index (χ2v) is 4.66. The van der Waals surface area contributed by atoms with Gasteiger partial charge in [-0.1, -0.05) is 0 Å². The Kier molecular flexibility index (Phi) is 4.00. The summed E-state index contributed by atoms with van der Waals surface area (Å²) in [6, 6.07) is 10.6. The van der Waals surface area contributed by atoms with E-state index in [1.807, 2.05) is 24.3 Å². The summed E-state index contributed by atoms with van der Waals surface area (Å²) in [7, 11) is 2.11. The fourth-order valence-corrected chi connectivity index (χ4v) is 2.27. The molecule has 0 radical (unpaired) electrons. The first-order chi connectivity index (χ1) is 8.29. The molecular weight excluding hydrogens is 210 g/mol. The van der Waals surface area contributed by atoms with Crippen LogP contribution in [0.3, 0.4) is 0 Å². The monoisotopic (exact) mass is 229 g/mol. The Morgan fingerprint density at radius 2 is 2.18 bits per heavy atom. The van der Waals surface area contributed by atoms with Gasteiger partial charge in [0.05, 0.1) is 11.6 Å². The average molecular weight is 229 g/mol. The number of benzene rings is 1. The Morgan fingerprint density at radius 1 is 1.41 bits per heavy atom. The van der Waals surface area contributed by atoms with Crippen LogP contribution in [0.2, 0.25) is 0 Å². The van der Waals surface area contributed by atoms with Crippen molar-refractivity contribution in [1.82, 2.24) is 5.32 Å². The van der Waals surface area contributed by atoms with E-state index >= 15 is 0 Å². The van der Waals surface area contributed by atoms with Crippen molar-refractivity contribution in [3.8, 4) is 6.07 Å². The Bertz CT molecular complexity index is 385. The molecule has 1 saturated heterocycles. The van der Waals surface area contributed by atoms with Crippen molar-refractivity contribution in [3.63, 3.8) is 0 Å². The molecule has 1 aromatic rings. The van der Waals surface area contributed by atoms with E-state index in [4.69, 9.17) is 5.26 Å². The highest BCUT2D eigenvalue weighted by Gasteiger charge is 2.14. The van der Waals surface area contributed by atoms with E-state index in [0.717, 1.165) is 12.1 Å². The molecule has 1 atom stereocenters. The van der Waals surface area contributed by atoms with Gasteiger partial charge in [-0.25, -0.2) is 0 Å². The van der Waals surface area contributed by atoms with Crippen LogP contribution in [0.1, 0.15) is 24.8 Å². The lowest BCUT2D eigenvalue weighted by atomic mass is 10.1. The number of hydrogen-bond donors (Lipinski definition) is 1. The minimum atomic E-state index is 0.691. The van der Waals surface area contributed by atoms with Crippen LogP contribution in [0.4, 0.5) is 5.69 Å². The summed E-state index contributed by atoms with van der Waals surface area (Å²) in [4.78, 5) is 2.25. The lowest BCUT2D eigenvalue weighted by Gasteiger charge is -2.21. The summed E-state index contributed by atoms with van der Waals surface area (Å²) >= 11 is 0. The number of nitrogens with one attached hydrogen (secondary N) is 1. The summed E-state index contributed by atoms with van der Waals surface area (Å²) in [5.41, 5.74) is 1.90. The first-order valence-corrected chi connectivity index (χ1v) is 6.24. The molecule has 3 heteroatoms. The second-order valence-electron chi connectivity index (χ2n) is 4.66. The van der Waals surface area contributed by atoms with Gasteiger partial charge < -0.3 is 10.2 Å². The number of hydrogen-bond acceptors (Lipinski definition) is 3. The molecule has 17 heavy (non-hydrogen) atoms. The van der Waals surface area contributed by atoms with E-state index in [-0.39, 0.29) is 0 Å². The van der Waals surface area contributed by atoms with Crippen LogP contribution in [-0.4, -0.2) is 26.2 Å². The van der Waals surface area contributed by atoms with E-state index < -0.39 is 0 Å². The van der Waals surface area contributed by atoms with Gasteiger partial charge in [0.15, 0.2) is 0 Å². The summed E-state index contributed by atoms with van der Waals surface area (Å²) in [6.45, 7) is 2.23. The molecule has 1 heterocycles. The molecule has 0 aromatic heterocycles. The van der Waals surface area contributed by atoms with E-state index in [1.165, 1.54) is 31.5 Å². The van der Waals surface area contributed by atoms with E-state index in [0.29, 0.717) is 6.04 Å². The zero-order chi connectivity index (χ0) is 12.1. The lowest BCUT2D eigenvalue weighted by molar-refractivity contribution is 0.559. The first kappa shape index (κ1) is 11.9. The average Bonchev–Trinajstić information content (AvgIpc) is 2.89. The number of rotatable bonds is 4. The maximum atomic E-state index is 8.74. The summed E-state index contributed by atoms with van der Waals surface area (Å²) in [5, 5.41) is 12.3. The van der Waals surface area contributed by atoms with Gasteiger partial charge in [-0.05, 0) is 50.1 Å². The van der Waals surface area contributed by atoms with Crippen molar-refractivity contribution in [2.75, 3.05) is 25.0 Å². The molecule has 1 aliphatic rings. The molecule has 2 rings (SSSR count). The van der Waals surface area contributed by atoms with Crippen LogP contribution in [0.15, 0.2) is 24.3 Å². The molecule has 1 aromatic carbocycles. The molecule has 1 N–H and O–H groups in total. The molecule has 0 amide bonds. The fraction of sp³-hybridized carbons (Fsp3) is 0.500. The number of nitrogens with zero attached hydrogens (tertiary/aromatic N) is 2. The van der Waals surface area contributed by atoms with Gasteiger partial charge in [-0.15, -0.1) is 0 Å². The molecule has 1 fully saturated rings. The molecular formula is C14H19N3. The number of nitriles is 1. The Balaban J connectivity index is 1.85. The topological polar surface area (TPSA) is 39.1 Å². The Morgan fingerprint density at radius 3 is 2.76 bits per heavy atom. The molecule has 0 aliphatic carbocycles. The normalized spacial score (nSPS) is 18.9. The zero-order valence-electron chi connectivity index (χ0n) is 10.3. The van der Waals surface area contributed by atoms with Crippen LogP contribution in [0, 0.1) is 11.3 Å². The minimum Gasteiger partial charge on any atom is -0.375 e. The van der Waals surface area contributed by atoms with E-state index in [9.17, 15) is 0 Å². The third-order valence-electron chi connectivity index (χ3n) is 3.41. The van der Waals surface area contributed by atoms with Crippen molar-refractivity contribution in [2.24, 2.45) is 0 Å². The lowest BCUT2D eigenvalue weighted by Crippen LogP contribution is -2.28. The molecule has 1 unspecified atom stereocenters.